The van der Waals surface area contributed by atoms with E-state index < -0.39 is 0 Å². The summed E-state index contributed by atoms with van der Waals surface area (Å²) in [5, 5.41) is 3.34. The second kappa shape index (κ2) is 7.72. The maximum absolute atomic E-state index is 5.25. The van der Waals surface area contributed by atoms with Crippen LogP contribution in [0.3, 0.4) is 0 Å². The molecule has 1 atom stereocenters. The number of aryl methyl sites for hydroxylation is 1. The van der Waals surface area contributed by atoms with Gasteiger partial charge in [0.2, 0.25) is 0 Å². The normalized spacial score (nSPS) is 12.5. The molecule has 96 valence electrons. The van der Waals surface area contributed by atoms with Crippen LogP contribution in [0.1, 0.15) is 31.7 Å². The molecule has 1 N–H and O–H groups in total. The third-order valence-electron chi connectivity index (χ3n) is 3.15. The van der Waals surface area contributed by atoms with Crippen molar-refractivity contribution >= 4 is 15.9 Å². The predicted molar refractivity (Wildman–Crippen MR) is 76.8 cm³/mol. The van der Waals surface area contributed by atoms with Gasteiger partial charge in [-0.1, -0.05) is 22.9 Å². The molecule has 0 bridgehead atoms. The summed E-state index contributed by atoms with van der Waals surface area (Å²) in [7, 11) is 3.75. The van der Waals surface area contributed by atoms with Gasteiger partial charge in [0, 0.05) is 10.5 Å². The fourth-order valence-electron chi connectivity index (χ4n) is 1.96. The first-order chi connectivity index (χ1) is 8.21. The zero-order valence-corrected chi connectivity index (χ0v) is 12.5. The van der Waals surface area contributed by atoms with E-state index in [1.807, 2.05) is 13.1 Å². The Labute approximate surface area is 113 Å². The lowest BCUT2D eigenvalue weighted by atomic mass is 10.0. The highest BCUT2D eigenvalue weighted by molar-refractivity contribution is 9.10. The second-order valence-corrected chi connectivity index (χ2v) is 5.10. The van der Waals surface area contributed by atoms with E-state index in [0.717, 1.165) is 12.2 Å². The number of benzene rings is 1. The summed E-state index contributed by atoms with van der Waals surface area (Å²) < 4.78 is 6.42. The molecule has 0 fully saturated rings. The highest BCUT2D eigenvalue weighted by atomic mass is 79.9. The Kier molecular flexibility index (Phi) is 6.60. The van der Waals surface area contributed by atoms with Gasteiger partial charge in [-0.05, 0) is 56.5 Å². The van der Waals surface area contributed by atoms with Crippen molar-refractivity contribution < 1.29 is 4.74 Å². The van der Waals surface area contributed by atoms with Crippen molar-refractivity contribution in [2.75, 3.05) is 14.2 Å². The first kappa shape index (κ1) is 14.5. The molecular weight excluding hydrogens is 278 g/mol. The summed E-state index contributed by atoms with van der Waals surface area (Å²) in [5.74, 6) is 0.934. The molecule has 0 heterocycles. The Morgan fingerprint density at radius 3 is 2.76 bits per heavy atom. The van der Waals surface area contributed by atoms with Gasteiger partial charge >= 0.3 is 0 Å². The Bertz CT molecular complexity index is 337. The molecule has 17 heavy (non-hydrogen) atoms. The monoisotopic (exact) mass is 299 g/mol. The maximum Gasteiger partial charge on any atom is 0.119 e. The molecule has 1 aromatic carbocycles. The smallest absolute Gasteiger partial charge is 0.119 e. The van der Waals surface area contributed by atoms with Crippen molar-refractivity contribution in [2.45, 2.75) is 38.6 Å². The van der Waals surface area contributed by atoms with Gasteiger partial charge in [-0.15, -0.1) is 0 Å². The molecule has 0 aliphatic rings. The number of ether oxygens (including phenoxy) is 1. The van der Waals surface area contributed by atoms with Crippen LogP contribution in [-0.2, 0) is 6.42 Å². The van der Waals surface area contributed by atoms with Crippen LogP contribution in [0, 0.1) is 0 Å². The Hall–Kier alpha value is -0.540. The van der Waals surface area contributed by atoms with E-state index in [1.54, 1.807) is 7.11 Å². The summed E-state index contributed by atoms with van der Waals surface area (Å²) in [5.41, 5.74) is 1.33. The Balaban J connectivity index is 2.50. The third kappa shape index (κ3) is 4.68. The van der Waals surface area contributed by atoms with Gasteiger partial charge in [0.1, 0.15) is 5.75 Å². The lowest BCUT2D eigenvalue weighted by molar-refractivity contribution is 0.414. The van der Waals surface area contributed by atoms with E-state index in [9.17, 15) is 0 Å². The molecule has 0 saturated heterocycles. The molecule has 2 nitrogen and oxygen atoms in total. The number of hydrogen-bond donors (Lipinski definition) is 1. The molecule has 3 heteroatoms. The molecule has 0 aliphatic heterocycles. The molecule has 0 spiro atoms. The first-order valence-electron chi connectivity index (χ1n) is 6.21. The Morgan fingerprint density at radius 2 is 2.18 bits per heavy atom. The fourth-order valence-corrected chi connectivity index (χ4v) is 2.41. The van der Waals surface area contributed by atoms with Crippen LogP contribution in [0.2, 0.25) is 0 Å². The number of hydrogen-bond acceptors (Lipinski definition) is 2. The number of halogens is 1. The van der Waals surface area contributed by atoms with Crippen molar-refractivity contribution in [3.63, 3.8) is 0 Å². The summed E-state index contributed by atoms with van der Waals surface area (Å²) in [6.45, 7) is 2.22. The van der Waals surface area contributed by atoms with Crippen LogP contribution in [0.25, 0.3) is 0 Å². The highest BCUT2D eigenvalue weighted by Gasteiger charge is 2.05. The minimum absolute atomic E-state index is 0.638. The molecule has 0 aromatic heterocycles. The minimum Gasteiger partial charge on any atom is -0.497 e. The van der Waals surface area contributed by atoms with Gasteiger partial charge in [0.05, 0.1) is 7.11 Å². The number of rotatable bonds is 7. The van der Waals surface area contributed by atoms with Crippen LogP contribution in [0.5, 0.6) is 5.75 Å². The van der Waals surface area contributed by atoms with Crippen LogP contribution in [-0.4, -0.2) is 20.2 Å². The second-order valence-electron chi connectivity index (χ2n) is 4.24. The summed E-state index contributed by atoms with van der Waals surface area (Å²) in [6, 6.07) is 6.80. The molecule has 1 rings (SSSR count). The van der Waals surface area contributed by atoms with E-state index >= 15 is 0 Å². The molecule has 0 radical (unpaired) electrons. The third-order valence-corrected chi connectivity index (χ3v) is 3.93. The largest absolute Gasteiger partial charge is 0.497 e. The van der Waals surface area contributed by atoms with Crippen molar-refractivity contribution in [3.05, 3.63) is 28.2 Å². The fraction of sp³-hybridized carbons (Fsp3) is 0.571. The molecule has 1 unspecified atom stereocenters. The average Bonchev–Trinajstić information content (AvgIpc) is 2.36. The maximum atomic E-state index is 5.25. The lowest BCUT2D eigenvalue weighted by Gasteiger charge is -2.14. The van der Waals surface area contributed by atoms with E-state index in [4.69, 9.17) is 4.74 Å². The standard InChI is InChI=1S/C14H22BrNO/c1-4-12(16-2)7-5-6-11-10-13(17-3)8-9-14(11)15/h8-10,12,16H,4-7H2,1-3H3. The van der Waals surface area contributed by atoms with Gasteiger partial charge in [-0.25, -0.2) is 0 Å². The molecule has 0 saturated carbocycles. The topological polar surface area (TPSA) is 21.3 Å². The van der Waals surface area contributed by atoms with Crippen molar-refractivity contribution in [1.29, 1.82) is 0 Å². The Morgan fingerprint density at radius 1 is 1.41 bits per heavy atom. The zero-order valence-electron chi connectivity index (χ0n) is 10.9. The van der Waals surface area contributed by atoms with Crippen molar-refractivity contribution in [2.24, 2.45) is 0 Å². The molecule has 1 aromatic rings. The molecule has 0 amide bonds. The van der Waals surface area contributed by atoms with Gasteiger partial charge in [-0.3, -0.25) is 0 Å². The quantitative estimate of drug-likeness (QED) is 0.827. The molecular formula is C14H22BrNO. The van der Waals surface area contributed by atoms with Crippen LogP contribution < -0.4 is 10.1 Å². The van der Waals surface area contributed by atoms with E-state index in [1.165, 1.54) is 29.3 Å². The van der Waals surface area contributed by atoms with E-state index in [-0.39, 0.29) is 0 Å². The van der Waals surface area contributed by atoms with Crippen LogP contribution in [0.4, 0.5) is 0 Å². The minimum atomic E-state index is 0.638. The predicted octanol–water partition coefficient (Wildman–Crippen LogP) is 3.78. The van der Waals surface area contributed by atoms with Gasteiger partial charge in [-0.2, -0.15) is 0 Å². The van der Waals surface area contributed by atoms with Crippen LogP contribution in [0.15, 0.2) is 22.7 Å². The first-order valence-corrected chi connectivity index (χ1v) is 7.00. The number of nitrogens with one attached hydrogen (secondary N) is 1. The number of methoxy groups -OCH3 is 1. The van der Waals surface area contributed by atoms with E-state index in [2.05, 4.69) is 40.3 Å². The summed E-state index contributed by atoms with van der Waals surface area (Å²) in [4.78, 5) is 0. The summed E-state index contributed by atoms with van der Waals surface area (Å²) >= 11 is 3.59. The van der Waals surface area contributed by atoms with Gasteiger partial charge < -0.3 is 10.1 Å². The summed E-state index contributed by atoms with van der Waals surface area (Å²) in [6.07, 6.45) is 4.70. The van der Waals surface area contributed by atoms with Crippen molar-refractivity contribution in [3.8, 4) is 5.75 Å². The lowest BCUT2D eigenvalue weighted by Crippen LogP contribution is -2.23. The SMILES string of the molecule is CCC(CCCc1cc(OC)ccc1Br)NC. The average molecular weight is 300 g/mol. The highest BCUT2D eigenvalue weighted by Crippen LogP contribution is 2.24. The molecule has 0 aliphatic carbocycles. The van der Waals surface area contributed by atoms with Gasteiger partial charge in [0.15, 0.2) is 0 Å². The van der Waals surface area contributed by atoms with Crippen LogP contribution >= 0.6 is 15.9 Å². The van der Waals surface area contributed by atoms with Crippen molar-refractivity contribution in [1.82, 2.24) is 5.32 Å². The van der Waals surface area contributed by atoms with E-state index in [0.29, 0.717) is 6.04 Å². The zero-order chi connectivity index (χ0) is 12.7. The van der Waals surface area contributed by atoms with Gasteiger partial charge in [0.25, 0.3) is 0 Å².